The number of benzene rings is 1. The monoisotopic (exact) mass is 292 g/mol. The zero-order chi connectivity index (χ0) is 14.2. The van der Waals surface area contributed by atoms with Crippen molar-refractivity contribution in [1.82, 2.24) is 10.3 Å². The topological polar surface area (TPSA) is 43.4 Å². The number of hydrogen-bond acceptors (Lipinski definition) is 4. The highest BCUT2D eigenvalue weighted by Crippen LogP contribution is 2.27. The molecule has 0 aliphatic rings. The van der Waals surface area contributed by atoms with Gasteiger partial charge < -0.3 is 14.8 Å². The van der Waals surface area contributed by atoms with E-state index in [-0.39, 0.29) is 0 Å². The maximum Gasteiger partial charge on any atom is 0.145 e. The molecule has 0 spiro atoms. The molecular formula is C15H17ClN2O2. The van der Waals surface area contributed by atoms with E-state index in [1.165, 1.54) is 0 Å². The highest BCUT2D eigenvalue weighted by molar-refractivity contribution is 6.30. The van der Waals surface area contributed by atoms with E-state index in [4.69, 9.17) is 21.1 Å². The minimum atomic E-state index is 0.666. The van der Waals surface area contributed by atoms with Crippen molar-refractivity contribution in [3.05, 3.63) is 53.3 Å². The summed E-state index contributed by atoms with van der Waals surface area (Å²) in [6, 6.07) is 9.27. The Labute approximate surface area is 123 Å². The van der Waals surface area contributed by atoms with Crippen molar-refractivity contribution in [1.29, 1.82) is 0 Å². The lowest BCUT2D eigenvalue weighted by Gasteiger charge is -2.12. The van der Waals surface area contributed by atoms with Gasteiger partial charge in [-0.15, -0.1) is 0 Å². The van der Waals surface area contributed by atoms with E-state index in [9.17, 15) is 0 Å². The molecule has 0 aliphatic carbocycles. The van der Waals surface area contributed by atoms with Crippen LogP contribution < -0.4 is 10.1 Å². The Bertz CT molecular complexity index is 535. The summed E-state index contributed by atoms with van der Waals surface area (Å²) in [4.78, 5) is 4.03. The van der Waals surface area contributed by atoms with E-state index in [2.05, 4.69) is 10.3 Å². The Morgan fingerprint density at radius 3 is 2.95 bits per heavy atom. The molecule has 0 amide bonds. The number of nitrogens with zero attached hydrogens (tertiary/aromatic N) is 1. The number of hydrogen-bond donors (Lipinski definition) is 1. The van der Waals surface area contributed by atoms with Crippen LogP contribution in [-0.4, -0.2) is 25.2 Å². The number of halogens is 1. The standard InChI is InChI=1S/C15H17ClN2O2/c1-19-8-7-18-10-12-9-13(16)4-5-15(12)20-14-3-2-6-17-11-14/h2-6,9,11,18H,7-8,10H2,1H3. The highest BCUT2D eigenvalue weighted by atomic mass is 35.5. The van der Waals surface area contributed by atoms with E-state index in [1.807, 2.05) is 30.3 Å². The summed E-state index contributed by atoms with van der Waals surface area (Å²) in [7, 11) is 1.68. The fourth-order valence-corrected chi connectivity index (χ4v) is 1.91. The molecule has 2 rings (SSSR count). The predicted molar refractivity (Wildman–Crippen MR) is 79.3 cm³/mol. The molecule has 0 bridgehead atoms. The molecule has 0 unspecified atom stereocenters. The third kappa shape index (κ3) is 4.49. The van der Waals surface area contributed by atoms with E-state index < -0.39 is 0 Å². The maximum atomic E-state index is 6.04. The minimum absolute atomic E-state index is 0.666. The van der Waals surface area contributed by atoms with Gasteiger partial charge in [-0.25, -0.2) is 0 Å². The van der Waals surface area contributed by atoms with Crippen LogP contribution in [0.1, 0.15) is 5.56 Å². The number of methoxy groups -OCH3 is 1. The smallest absolute Gasteiger partial charge is 0.145 e. The molecule has 0 radical (unpaired) electrons. The molecule has 1 aromatic carbocycles. The largest absolute Gasteiger partial charge is 0.455 e. The number of nitrogens with one attached hydrogen (secondary N) is 1. The molecule has 106 valence electrons. The average Bonchev–Trinajstić information content (AvgIpc) is 2.47. The summed E-state index contributed by atoms with van der Waals surface area (Å²) < 4.78 is 10.8. The van der Waals surface area contributed by atoms with Crippen molar-refractivity contribution in [3.8, 4) is 11.5 Å². The molecule has 0 aliphatic heterocycles. The Kier molecular flexibility index (Phi) is 5.80. The van der Waals surface area contributed by atoms with Gasteiger partial charge in [-0.2, -0.15) is 0 Å². The molecule has 1 N–H and O–H groups in total. The molecule has 0 saturated heterocycles. The summed E-state index contributed by atoms with van der Waals surface area (Å²) in [6.07, 6.45) is 3.39. The second kappa shape index (κ2) is 7.85. The van der Waals surface area contributed by atoms with Gasteiger partial charge in [0.05, 0.1) is 12.8 Å². The lowest BCUT2D eigenvalue weighted by atomic mass is 10.2. The summed E-state index contributed by atoms with van der Waals surface area (Å²) in [5.41, 5.74) is 0.998. The van der Waals surface area contributed by atoms with Crippen LogP contribution in [0.4, 0.5) is 0 Å². The summed E-state index contributed by atoms with van der Waals surface area (Å²) >= 11 is 6.04. The molecule has 1 heterocycles. The number of ether oxygens (including phenoxy) is 2. The zero-order valence-corrected chi connectivity index (χ0v) is 12.1. The summed E-state index contributed by atoms with van der Waals surface area (Å²) in [6.45, 7) is 2.11. The van der Waals surface area contributed by atoms with Crippen molar-refractivity contribution < 1.29 is 9.47 Å². The maximum absolute atomic E-state index is 6.04. The van der Waals surface area contributed by atoms with Gasteiger partial charge in [0.25, 0.3) is 0 Å². The van der Waals surface area contributed by atoms with Crippen LogP contribution in [0, 0.1) is 0 Å². The third-order valence-electron chi connectivity index (χ3n) is 2.68. The molecule has 0 atom stereocenters. The van der Waals surface area contributed by atoms with Gasteiger partial charge in [0.1, 0.15) is 11.5 Å². The molecule has 4 nitrogen and oxygen atoms in total. The third-order valence-corrected chi connectivity index (χ3v) is 2.92. The number of rotatable bonds is 7. The van der Waals surface area contributed by atoms with Crippen LogP contribution in [0.25, 0.3) is 0 Å². The molecule has 1 aromatic heterocycles. The Morgan fingerprint density at radius 1 is 1.30 bits per heavy atom. The summed E-state index contributed by atoms with van der Waals surface area (Å²) in [5, 5.41) is 3.96. The van der Waals surface area contributed by atoms with Crippen molar-refractivity contribution in [2.24, 2.45) is 0 Å². The van der Waals surface area contributed by atoms with Gasteiger partial charge in [-0.1, -0.05) is 11.6 Å². The molecule has 2 aromatic rings. The van der Waals surface area contributed by atoms with Gasteiger partial charge in [0.15, 0.2) is 0 Å². The van der Waals surface area contributed by atoms with Crippen LogP contribution in [0.3, 0.4) is 0 Å². The highest BCUT2D eigenvalue weighted by Gasteiger charge is 2.06. The van der Waals surface area contributed by atoms with E-state index in [0.717, 1.165) is 17.9 Å². The fourth-order valence-electron chi connectivity index (χ4n) is 1.72. The fraction of sp³-hybridized carbons (Fsp3) is 0.267. The molecule has 20 heavy (non-hydrogen) atoms. The normalized spacial score (nSPS) is 10.5. The quantitative estimate of drug-likeness (QED) is 0.796. The first-order valence-corrected chi connectivity index (χ1v) is 6.73. The second-order valence-electron chi connectivity index (χ2n) is 4.21. The van der Waals surface area contributed by atoms with Crippen LogP contribution in [0.5, 0.6) is 11.5 Å². The minimum Gasteiger partial charge on any atom is -0.455 e. The first-order valence-electron chi connectivity index (χ1n) is 6.35. The zero-order valence-electron chi connectivity index (χ0n) is 11.3. The average molecular weight is 293 g/mol. The lowest BCUT2D eigenvalue weighted by molar-refractivity contribution is 0.199. The first kappa shape index (κ1) is 14.8. The van der Waals surface area contributed by atoms with Crippen molar-refractivity contribution in [3.63, 3.8) is 0 Å². The number of pyridine rings is 1. The SMILES string of the molecule is COCCNCc1cc(Cl)ccc1Oc1cccnc1. The number of aromatic nitrogens is 1. The van der Waals surface area contributed by atoms with Crippen molar-refractivity contribution >= 4 is 11.6 Å². The molecule has 5 heteroatoms. The van der Waals surface area contributed by atoms with Crippen LogP contribution >= 0.6 is 11.6 Å². The Morgan fingerprint density at radius 2 is 2.20 bits per heavy atom. The van der Waals surface area contributed by atoms with E-state index in [0.29, 0.717) is 23.9 Å². The van der Waals surface area contributed by atoms with Crippen molar-refractivity contribution in [2.45, 2.75) is 6.54 Å². The Hall–Kier alpha value is -1.62. The van der Waals surface area contributed by atoms with Gasteiger partial charge >= 0.3 is 0 Å². The van der Waals surface area contributed by atoms with Crippen LogP contribution in [-0.2, 0) is 11.3 Å². The lowest BCUT2D eigenvalue weighted by Crippen LogP contribution is -2.18. The predicted octanol–water partition coefficient (Wildman–Crippen LogP) is 3.26. The summed E-state index contributed by atoms with van der Waals surface area (Å²) in [5.74, 6) is 1.47. The Balaban J connectivity index is 2.07. The van der Waals surface area contributed by atoms with Crippen LogP contribution in [0.2, 0.25) is 5.02 Å². The molecular weight excluding hydrogens is 276 g/mol. The van der Waals surface area contributed by atoms with Gasteiger partial charge in [-0.05, 0) is 30.3 Å². The van der Waals surface area contributed by atoms with Gasteiger partial charge in [-0.3, -0.25) is 4.98 Å². The van der Waals surface area contributed by atoms with Crippen molar-refractivity contribution in [2.75, 3.05) is 20.3 Å². The van der Waals surface area contributed by atoms with E-state index in [1.54, 1.807) is 19.5 Å². The molecule has 0 fully saturated rings. The van der Waals surface area contributed by atoms with Crippen LogP contribution in [0.15, 0.2) is 42.7 Å². The van der Waals surface area contributed by atoms with Gasteiger partial charge in [0.2, 0.25) is 0 Å². The van der Waals surface area contributed by atoms with Gasteiger partial charge in [0, 0.05) is 37.0 Å². The second-order valence-corrected chi connectivity index (χ2v) is 4.65. The van der Waals surface area contributed by atoms with E-state index >= 15 is 0 Å². The first-order chi connectivity index (χ1) is 9.79. The molecule has 0 saturated carbocycles.